The van der Waals surface area contributed by atoms with Crippen molar-refractivity contribution in [1.82, 2.24) is 14.7 Å². The fraction of sp³-hybridized carbons (Fsp3) is 0.923. The molecule has 0 aliphatic carbocycles. The van der Waals surface area contributed by atoms with Gasteiger partial charge in [-0.3, -0.25) is 9.69 Å². The maximum Gasteiger partial charge on any atom is 0.239 e. The summed E-state index contributed by atoms with van der Waals surface area (Å²) in [6.07, 6.45) is 0. The minimum Gasteiger partial charge on any atom is -0.378 e. The minimum absolute atomic E-state index is 0.0830. The molecule has 1 amide bonds. The lowest BCUT2D eigenvalue weighted by Gasteiger charge is -2.43. The molecule has 0 bridgehead atoms. The molecule has 110 valence electrons. The van der Waals surface area contributed by atoms with Gasteiger partial charge in [-0.1, -0.05) is 0 Å². The van der Waals surface area contributed by atoms with E-state index in [0.29, 0.717) is 32.8 Å². The monoisotopic (exact) mass is 270 g/mol. The summed E-state index contributed by atoms with van der Waals surface area (Å²) in [5.74, 6) is 0.214. The Morgan fingerprint density at radius 2 is 2.00 bits per heavy atom. The number of likely N-dealkylation sites (N-methyl/N-ethyl adjacent to an activating group) is 1. The SMILES string of the molecule is CC(C(=O)N1CCOCC1)N1CCN(C)CC1CN. The van der Waals surface area contributed by atoms with Crippen molar-refractivity contribution in [3.05, 3.63) is 0 Å². The summed E-state index contributed by atoms with van der Waals surface area (Å²) in [5.41, 5.74) is 5.86. The highest BCUT2D eigenvalue weighted by Gasteiger charge is 2.33. The van der Waals surface area contributed by atoms with Crippen LogP contribution in [-0.4, -0.2) is 92.2 Å². The predicted octanol–water partition coefficient (Wildman–Crippen LogP) is -1.19. The van der Waals surface area contributed by atoms with E-state index in [1.165, 1.54) is 0 Å². The van der Waals surface area contributed by atoms with Gasteiger partial charge >= 0.3 is 0 Å². The molecular formula is C13H26N4O2. The third-order valence-electron chi connectivity index (χ3n) is 4.18. The number of rotatable bonds is 3. The number of nitrogens with two attached hydrogens (primary N) is 1. The number of hydrogen-bond acceptors (Lipinski definition) is 5. The fourth-order valence-electron chi connectivity index (χ4n) is 2.93. The van der Waals surface area contributed by atoms with Crippen molar-refractivity contribution in [3.8, 4) is 0 Å². The van der Waals surface area contributed by atoms with Gasteiger partial charge in [-0.25, -0.2) is 0 Å². The number of ether oxygens (including phenoxy) is 1. The fourth-order valence-corrected chi connectivity index (χ4v) is 2.93. The first-order chi connectivity index (χ1) is 9.13. The van der Waals surface area contributed by atoms with Crippen molar-refractivity contribution in [3.63, 3.8) is 0 Å². The minimum atomic E-state index is -0.0830. The van der Waals surface area contributed by atoms with Crippen LogP contribution < -0.4 is 5.73 Å². The quantitative estimate of drug-likeness (QED) is 0.699. The Kier molecular flexibility index (Phi) is 5.15. The molecule has 0 spiro atoms. The van der Waals surface area contributed by atoms with Crippen molar-refractivity contribution in [2.24, 2.45) is 5.73 Å². The van der Waals surface area contributed by atoms with Gasteiger partial charge in [0.1, 0.15) is 0 Å². The molecule has 0 aromatic heterocycles. The van der Waals surface area contributed by atoms with E-state index >= 15 is 0 Å². The van der Waals surface area contributed by atoms with Crippen molar-refractivity contribution >= 4 is 5.91 Å². The topological polar surface area (TPSA) is 62.0 Å². The molecule has 0 radical (unpaired) electrons. The number of amides is 1. The largest absolute Gasteiger partial charge is 0.378 e. The molecule has 6 heteroatoms. The Morgan fingerprint density at radius 1 is 1.32 bits per heavy atom. The first-order valence-corrected chi connectivity index (χ1v) is 7.14. The van der Waals surface area contributed by atoms with E-state index in [9.17, 15) is 4.79 Å². The van der Waals surface area contributed by atoms with E-state index in [1.54, 1.807) is 0 Å². The van der Waals surface area contributed by atoms with E-state index in [-0.39, 0.29) is 18.0 Å². The molecule has 2 atom stereocenters. The van der Waals surface area contributed by atoms with Crippen LogP contribution >= 0.6 is 0 Å². The number of carbonyl (C=O) groups is 1. The van der Waals surface area contributed by atoms with Crippen LogP contribution in [0.15, 0.2) is 0 Å². The summed E-state index contributed by atoms with van der Waals surface area (Å²) in [7, 11) is 2.11. The molecule has 2 aliphatic heterocycles. The van der Waals surface area contributed by atoms with E-state index in [1.807, 2.05) is 11.8 Å². The Hall–Kier alpha value is -0.690. The van der Waals surface area contributed by atoms with E-state index in [4.69, 9.17) is 10.5 Å². The highest BCUT2D eigenvalue weighted by atomic mass is 16.5. The zero-order valence-corrected chi connectivity index (χ0v) is 12.0. The Morgan fingerprint density at radius 3 is 2.63 bits per heavy atom. The molecule has 2 saturated heterocycles. The maximum absolute atomic E-state index is 12.5. The van der Waals surface area contributed by atoms with Gasteiger partial charge in [0.25, 0.3) is 0 Å². The first-order valence-electron chi connectivity index (χ1n) is 7.14. The number of carbonyl (C=O) groups excluding carboxylic acids is 1. The molecule has 2 unspecified atom stereocenters. The molecule has 2 fully saturated rings. The Bertz CT molecular complexity index is 307. The van der Waals surface area contributed by atoms with Gasteiger partial charge in [0.05, 0.1) is 19.3 Å². The molecule has 19 heavy (non-hydrogen) atoms. The van der Waals surface area contributed by atoms with Gasteiger partial charge in [0.2, 0.25) is 5.91 Å². The van der Waals surface area contributed by atoms with Crippen LogP contribution in [0.1, 0.15) is 6.92 Å². The van der Waals surface area contributed by atoms with Crippen LogP contribution in [-0.2, 0) is 9.53 Å². The molecule has 2 rings (SSSR count). The lowest BCUT2D eigenvalue weighted by atomic mass is 10.1. The van der Waals surface area contributed by atoms with Crippen LogP contribution in [0.5, 0.6) is 0 Å². The number of morpholine rings is 1. The third kappa shape index (κ3) is 3.45. The van der Waals surface area contributed by atoms with E-state index in [2.05, 4.69) is 16.8 Å². The lowest BCUT2D eigenvalue weighted by Crippen LogP contribution is -2.61. The second-order valence-electron chi connectivity index (χ2n) is 5.50. The molecule has 2 N–H and O–H groups in total. The smallest absolute Gasteiger partial charge is 0.239 e. The predicted molar refractivity (Wildman–Crippen MR) is 73.9 cm³/mol. The molecule has 0 aromatic rings. The molecule has 2 aliphatic rings. The van der Waals surface area contributed by atoms with Gasteiger partial charge in [0, 0.05) is 45.3 Å². The average molecular weight is 270 g/mol. The van der Waals surface area contributed by atoms with Gasteiger partial charge in [-0.2, -0.15) is 0 Å². The van der Waals surface area contributed by atoms with Gasteiger partial charge < -0.3 is 20.3 Å². The van der Waals surface area contributed by atoms with Crippen LogP contribution in [0.25, 0.3) is 0 Å². The summed E-state index contributed by atoms with van der Waals surface area (Å²) < 4.78 is 5.30. The highest BCUT2D eigenvalue weighted by Crippen LogP contribution is 2.14. The van der Waals surface area contributed by atoms with E-state index < -0.39 is 0 Å². The standard InChI is InChI=1S/C13H26N4O2/c1-11(13(18)16-5-7-19-8-6-16)17-4-3-15(2)10-12(17)9-14/h11-12H,3-10,14H2,1-2H3. The molecule has 0 aromatic carbocycles. The van der Waals surface area contributed by atoms with E-state index in [0.717, 1.165) is 19.6 Å². The van der Waals surface area contributed by atoms with Crippen molar-refractivity contribution in [2.75, 3.05) is 59.5 Å². The van der Waals surface area contributed by atoms with Crippen LogP contribution in [0.2, 0.25) is 0 Å². The van der Waals surface area contributed by atoms with Crippen LogP contribution in [0, 0.1) is 0 Å². The summed E-state index contributed by atoms with van der Waals surface area (Å²) >= 11 is 0. The van der Waals surface area contributed by atoms with Crippen molar-refractivity contribution < 1.29 is 9.53 Å². The Balaban J connectivity index is 1.96. The molecule has 6 nitrogen and oxygen atoms in total. The van der Waals surface area contributed by atoms with Gasteiger partial charge in [-0.15, -0.1) is 0 Å². The summed E-state index contributed by atoms with van der Waals surface area (Å²) in [5, 5.41) is 0. The maximum atomic E-state index is 12.5. The van der Waals surface area contributed by atoms with Gasteiger partial charge in [-0.05, 0) is 14.0 Å². The second-order valence-corrected chi connectivity index (χ2v) is 5.50. The lowest BCUT2D eigenvalue weighted by molar-refractivity contribution is -0.142. The summed E-state index contributed by atoms with van der Waals surface area (Å²) in [6, 6.07) is 0.194. The molecular weight excluding hydrogens is 244 g/mol. The number of piperazine rings is 1. The van der Waals surface area contributed by atoms with Crippen molar-refractivity contribution in [2.45, 2.75) is 19.0 Å². The average Bonchev–Trinajstić information content (AvgIpc) is 2.46. The molecule has 0 saturated carbocycles. The molecule has 2 heterocycles. The summed E-state index contributed by atoms with van der Waals surface area (Å²) in [6.45, 7) is 8.19. The zero-order valence-electron chi connectivity index (χ0n) is 12.0. The second kappa shape index (κ2) is 6.65. The first kappa shape index (κ1) is 14.7. The Labute approximate surface area is 115 Å². The van der Waals surface area contributed by atoms with Crippen molar-refractivity contribution in [1.29, 1.82) is 0 Å². The van der Waals surface area contributed by atoms with Crippen LogP contribution in [0.4, 0.5) is 0 Å². The highest BCUT2D eigenvalue weighted by molar-refractivity contribution is 5.81. The zero-order chi connectivity index (χ0) is 13.8. The summed E-state index contributed by atoms with van der Waals surface area (Å²) in [4.78, 5) is 19.0. The number of hydrogen-bond donors (Lipinski definition) is 1. The number of nitrogens with zero attached hydrogens (tertiary/aromatic N) is 3. The normalized spacial score (nSPS) is 28.4. The van der Waals surface area contributed by atoms with Crippen LogP contribution in [0.3, 0.4) is 0 Å². The van der Waals surface area contributed by atoms with Gasteiger partial charge in [0.15, 0.2) is 0 Å². The third-order valence-corrected chi connectivity index (χ3v) is 4.18.